The number of allylic oxidation sites excluding steroid dienone is 2. The molecule has 2 bridgehead atoms. The molecule has 174 valence electrons. The van der Waals surface area contributed by atoms with Crippen LogP contribution in [0.25, 0.3) is 0 Å². The van der Waals surface area contributed by atoms with Gasteiger partial charge in [-0.05, 0) is 85.5 Å². The maximum absolute atomic E-state index is 13.2. The summed E-state index contributed by atoms with van der Waals surface area (Å²) in [6, 6.07) is 13.3. The Labute approximate surface area is 197 Å². The highest BCUT2D eigenvalue weighted by Crippen LogP contribution is 2.65. The van der Waals surface area contributed by atoms with E-state index in [1.807, 2.05) is 24.3 Å². The third-order valence-corrected chi connectivity index (χ3v) is 7.88. The molecule has 1 aliphatic heterocycles. The number of benzene rings is 2. The molecule has 7 nitrogen and oxygen atoms in total. The fourth-order valence-electron chi connectivity index (χ4n) is 6.11. The second-order valence-electron chi connectivity index (χ2n) is 9.67. The van der Waals surface area contributed by atoms with E-state index in [1.165, 1.54) is 4.90 Å². The van der Waals surface area contributed by atoms with Crippen LogP contribution in [-0.4, -0.2) is 35.8 Å². The van der Waals surface area contributed by atoms with Gasteiger partial charge in [0.15, 0.2) is 0 Å². The Morgan fingerprint density at radius 3 is 1.91 bits per heavy atom. The van der Waals surface area contributed by atoms with Crippen molar-refractivity contribution in [2.75, 3.05) is 12.4 Å². The molecular weight excluding hydrogens is 432 g/mol. The van der Waals surface area contributed by atoms with Gasteiger partial charge in [-0.25, -0.2) is 0 Å². The van der Waals surface area contributed by atoms with Crippen molar-refractivity contribution in [2.24, 2.45) is 35.5 Å². The average molecular weight is 459 g/mol. The van der Waals surface area contributed by atoms with Gasteiger partial charge in [-0.2, -0.15) is 0 Å². The molecule has 1 saturated heterocycles. The topological polar surface area (TPSA) is 84.9 Å². The predicted molar refractivity (Wildman–Crippen MR) is 124 cm³/mol. The van der Waals surface area contributed by atoms with Crippen LogP contribution in [0.5, 0.6) is 17.2 Å². The highest BCUT2D eigenvalue weighted by Gasteiger charge is 2.67. The molecular formula is C27H26N2O5. The SMILES string of the molecule is COc1ccc(Oc2ccc(NC(=O)[C@H](C)N3C(=O)[C@@H]4[C@H]5C=C[C@@H]([C@@H]6C[C@H]56)[C@H]4C3=O)cc2)cc1. The Hall–Kier alpha value is -3.61. The predicted octanol–water partition coefficient (Wildman–Crippen LogP) is 3.87. The second-order valence-corrected chi connectivity index (χ2v) is 9.67. The van der Waals surface area contributed by atoms with Crippen LogP contribution in [0.1, 0.15) is 13.3 Å². The van der Waals surface area contributed by atoms with Crippen LogP contribution < -0.4 is 14.8 Å². The van der Waals surface area contributed by atoms with Gasteiger partial charge in [-0.3, -0.25) is 19.3 Å². The second kappa shape index (κ2) is 7.72. The van der Waals surface area contributed by atoms with Gasteiger partial charge in [0.1, 0.15) is 23.3 Å². The first-order valence-corrected chi connectivity index (χ1v) is 11.7. The van der Waals surface area contributed by atoms with Crippen LogP contribution >= 0.6 is 0 Å². The number of imide groups is 1. The first-order valence-electron chi connectivity index (χ1n) is 11.7. The molecule has 0 radical (unpaired) electrons. The first-order chi connectivity index (χ1) is 16.5. The average Bonchev–Trinajstić information content (AvgIpc) is 3.63. The van der Waals surface area contributed by atoms with Gasteiger partial charge < -0.3 is 14.8 Å². The van der Waals surface area contributed by atoms with Gasteiger partial charge in [0.25, 0.3) is 0 Å². The van der Waals surface area contributed by atoms with Crippen LogP contribution in [0.15, 0.2) is 60.7 Å². The summed E-state index contributed by atoms with van der Waals surface area (Å²) >= 11 is 0. The van der Waals surface area contributed by atoms with Gasteiger partial charge in [-0.1, -0.05) is 12.2 Å². The molecule has 7 atom stereocenters. The lowest BCUT2D eigenvalue weighted by atomic mass is 9.63. The van der Waals surface area contributed by atoms with Crippen molar-refractivity contribution in [3.8, 4) is 17.2 Å². The van der Waals surface area contributed by atoms with E-state index in [1.54, 1.807) is 38.3 Å². The molecule has 7 heteroatoms. The normalized spacial score (nSPS) is 31.1. The maximum Gasteiger partial charge on any atom is 0.247 e. The Bertz CT molecular complexity index is 1150. The number of hydrogen-bond donors (Lipinski definition) is 1. The molecule has 4 aliphatic carbocycles. The summed E-state index contributed by atoms with van der Waals surface area (Å²) in [5, 5.41) is 2.83. The fourth-order valence-corrected chi connectivity index (χ4v) is 6.11. The van der Waals surface area contributed by atoms with Crippen molar-refractivity contribution < 1.29 is 23.9 Å². The molecule has 0 aromatic heterocycles. The van der Waals surface area contributed by atoms with E-state index in [2.05, 4.69) is 17.5 Å². The van der Waals surface area contributed by atoms with E-state index in [9.17, 15) is 14.4 Å². The van der Waals surface area contributed by atoms with Gasteiger partial charge in [0, 0.05) is 5.69 Å². The molecule has 34 heavy (non-hydrogen) atoms. The standard InChI is InChI=1S/C27H26N2O5/c1-14(29-26(31)23-19-11-12-20(22-13-21(19)22)24(23)27(29)32)25(30)28-15-3-5-17(6-4-15)34-18-9-7-16(33-2)8-10-18/h3-12,14,19-24H,13H2,1-2H3,(H,28,30)/t14-,19-,20-,21-,22+,23+,24+/m0/s1. The number of nitrogens with zero attached hydrogens (tertiary/aromatic N) is 1. The number of ether oxygens (including phenoxy) is 2. The highest BCUT2D eigenvalue weighted by molar-refractivity contribution is 6.10. The molecule has 1 heterocycles. The number of amides is 3. The Balaban J connectivity index is 1.11. The lowest BCUT2D eigenvalue weighted by Crippen LogP contribution is -2.46. The van der Waals surface area contributed by atoms with Crippen LogP contribution in [0.2, 0.25) is 0 Å². The number of hydrogen-bond acceptors (Lipinski definition) is 5. The van der Waals surface area contributed by atoms with Gasteiger partial charge in [0.05, 0.1) is 18.9 Å². The summed E-state index contributed by atoms with van der Waals surface area (Å²) < 4.78 is 11.0. The zero-order valence-corrected chi connectivity index (χ0v) is 19.0. The van der Waals surface area contributed by atoms with Gasteiger partial charge in [0.2, 0.25) is 17.7 Å². The summed E-state index contributed by atoms with van der Waals surface area (Å²) in [4.78, 5) is 40.6. The number of carbonyl (C=O) groups excluding carboxylic acids is 3. The first kappa shape index (κ1) is 21.0. The van der Waals surface area contributed by atoms with Gasteiger partial charge >= 0.3 is 0 Å². The minimum Gasteiger partial charge on any atom is -0.497 e. The number of likely N-dealkylation sites (tertiary alicyclic amines) is 1. The maximum atomic E-state index is 13.2. The minimum atomic E-state index is -0.864. The molecule has 3 amide bonds. The van der Waals surface area contributed by atoms with Crippen molar-refractivity contribution in [3.63, 3.8) is 0 Å². The van der Waals surface area contributed by atoms with Crippen LogP contribution in [0.4, 0.5) is 5.69 Å². The molecule has 5 aliphatic rings. The zero-order chi connectivity index (χ0) is 23.6. The fraction of sp³-hybridized carbons (Fsp3) is 0.370. The molecule has 2 saturated carbocycles. The summed E-state index contributed by atoms with van der Waals surface area (Å²) in [6.45, 7) is 1.62. The number of nitrogens with one attached hydrogen (secondary N) is 1. The third-order valence-electron chi connectivity index (χ3n) is 7.88. The molecule has 0 unspecified atom stereocenters. The smallest absolute Gasteiger partial charge is 0.247 e. The summed E-state index contributed by atoms with van der Waals surface area (Å²) in [7, 11) is 1.61. The Morgan fingerprint density at radius 1 is 0.882 bits per heavy atom. The van der Waals surface area contributed by atoms with Crippen LogP contribution in [0.3, 0.4) is 0 Å². The van der Waals surface area contributed by atoms with Crippen LogP contribution in [0, 0.1) is 35.5 Å². The largest absolute Gasteiger partial charge is 0.497 e. The number of methoxy groups -OCH3 is 1. The van der Waals surface area contributed by atoms with E-state index in [0.717, 1.165) is 12.2 Å². The van der Waals surface area contributed by atoms with Crippen molar-refractivity contribution >= 4 is 23.4 Å². The molecule has 1 N–H and O–H groups in total. The third kappa shape index (κ3) is 3.22. The molecule has 2 aromatic rings. The Kier molecular flexibility index (Phi) is 4.76. The van der Waals surface area contributed by atoms with E-state index >= 15 is 0 Å². The number of rotatable bonds is 6. The lowest BCUT2D eigenvalue weighted by Gasteiger charge is -2.37. The summed E-state index contributed by atoms with van der Waals surface area (Å²) in [5.74, 6) is 2.05. The van der Waals surface area contributed by atoms with Gasteiger partial charge in [-0.15, -0.1) is 0 Å². The monoisotopic (exact) mass is 458 g/mol. The van der Waals surface area contributed by atoms with Crippen molar-refractivity contribution in [3.05, 3.63) is 60.7 Å². The summed E-state index contributed by atoms with van der Waals surface area (Å²) in [6.07, 6.45) is 5.38. The van der Waals surface area contributed by atoms with E-state index in [0.29, 0.717) is 29.0 Å². The van der Waals surface area contributed by atoms with Crippen molar-refractivity contribution in [2.45, 2.75) is 19.4 Å². The zero-order valence-electron chi connectivity index (χ0n) is 19.0. The Morgan fingerprint density at radius 2 is 1.38 bits per heavy atom. The molecule has 0 spiro atoms. The molecule has 3 fully saturated rings. The van der Waals surface area contributed by atoms with E-state index in [-0.39, 0.29) is 41.4 Å². The highest BCUT2D eigenvalue weighted by atomic mass is 16.5. The van der Waals surface area contributed by atoms with E-state index in [4.69, 9.17) is 9.47 Å². The van der Waals surface area contributed by atoms with Crippen LogP contribution in [-0.2, 0) is 14.4 Å². The quantitative estimate of drug-likeness (QED) is 0.525. The summed E-state index contributed by atoms with van der Waals surface area (Å²) in [5.41, 5.74) is 0.568. The molecule has 2 aromatic carbocycles. The van der Waals surface area contributed by atoms with Crippen molar-refractivity contribution in [1.29, 1.82) is 0 Å². The number of carbonyl (C=O) groups is 3. The van der Waals surface area contributed by atoms with E-state index < -0.39 is 6.04 Å². The lowest BCUT2D eigenvalue weighted by molar-refractivity contribution is -0.146. The van der Waals surface area contributed by atoms with Crippen molar-refractivity contribution in [1.82, 2.24) is 4.90 Å². The molecule has 7 rings (SSSR count). The minimum absolute atomic E-state index is 0.148. The number of anilines is 1.